The molecule has 0 aromatic heterocycles. The summed E-state index contributed by atoms with van der Waals surface area (Å²) in [6.07, 6.45) is 1.05. The van der Waals surface area contributed by atoms with Crippen LogP contribution in [-0.2, 0) is 16.6 Å². The SMILES string of the molecule is CCCNCc1ccc(Br)c(S(=O)(=O)N(C)C(C)C)c1. The van der Waals surface area contributed by atoms with Crippen LogP contribution in [0.1, 0.15) is 32.8 Å². The van der Waals surface area contributed by atoms with Gasteiger partial charge >= 0.3 is 0 Å². The topological polar surface area (TPSA) is 49.4 Å². The molecule has 0 radical (unpaired) electrons. The number of halogens is 1. The molecular weight excluding hydrogens is 340 g/mol. The van der Waals surface area contributed by atoms with E-state index in [0.29, 0.717) is 15.9 Å². The lowest BCUT2D eigenvalue weighted by Crippen LogP contribution is -2.33. The average molecular weight is 363 g/mol. The summed E-state index contributed by atoms with van der Waals surface area (Å²) in [5.74, 6) is 0. The van der Waals surface area contributed by atoms with Crippen LogP contribution < -0.4 is 5.32 Å². The highest BCUT2D eigenvalue weighted by molar-refractivity contribution is 9.10. The van der Waals surface area contributed by atoms with Gasteiger partial charge in [-0.3, -0.25) is 0 Å². The smallest absolute Gasteiger partial charge is 0.244 e. The van der Waals surface area contributed by atoms with Crippen molar-refractivity contribution >= 4 is 26.0 Å². The van der Waals surface area contributed by atoms with Crippen molar-refractivity contribution in [3.05, 3.63) is 28.2 Å². The number of benzene rings is 1. The van der Waals surface area contributed by atoms with Crippen LogP contribution >= 0.6 is 15.9 Å². The molecule has 0 aliphatic carbocycles. The predicted molar refractivity (Wildman–Crippen MR) is 86.2 cm³/mol. The maximum Gasteiger partial charge on any atom is 0.244 e. The third-order valence-electron chi connectivity index (χ3n) is 3.14. The van der Waals surface area contributed by atoms with Crippen LogP contribution in [0.3, 0.4) is 0 Å². The van der Waals surface area contributed by atoms with Gasteiger partial charge in [-0.1, -0.05) is 13.0 Å². The Morgan fingerprint density at radius 2 is 2.00 bits per heavy atom. The quantitative estimate of drug-likeness (QED) is 0.758. The van der Waals surface area contributed by atoms with Crippen LogP contribution in [0.25, 0.3) is 0 Å². The van der Waals surface area contributed by atoms with Gasteiger partial charge in [0, 0.05) is 24.1 Å². The molecular formula is C14H23BrN2O2S. The minimum absolute atomic E-state index is 0.0752. The summed E-state index contributed by atoms with van der Waals surface area (Å²) >= 11 is 3.34. The fourth-order valence-electron chi connectivity index (χ4n) is 1.70. The highest BCUT2D eigenvalue weighted by atomic mass is 79.9. The molecule has 114 valence electrons. The van der Waals surface area contributed by atoms with E-state index in [4.69, 9.17) is 0 Å². The Kier molecular flexibility index (Phi) is 6.64. The Balaban J connectivity index is 3.08. The molecule has 0 saturated carbocycles. The monoisotopic (exact) mass is 362 g/mol. The van der Waals surface area contributed by atoms with Gasteiger partial charge in [0.25, 0.3) is 0 Å². The van der Waals surface area contributed by atoms with Gasteiger partial charge in [0.05, 0.1) is 4.90 Å². The Bertz CT molecular complexity index is 544. The van der Waals surface area contributed by atoms with E-state index in [0.717, 1.165) is 18.5 Å². The van der Waals surface area contributed by atoms with Crippen LogP contribution in [0.15, 0.2) is 27.6 Å². The Hall–Kier alpha value is -0.430. The van der Waals surface area contributed by atoms with Gasteiger partial charge in [0.2, 0.25) is 10.0 Å². The van der Waals surface area contributed by atoms with Crippen molar-refractivity contribution in [1.29, 1.82) is 0 Å². The highest BCUT2D eigenvalue weighted by Crippen LogP contribution is 2.26. The molecule has 0 bridgehead atoms. The highest BCUT2D eigenvalue weighted by Gasteiger charge is 2.25. The van der Waals surface area contributed by atoms with E-state index in [1.54, 1.807) is 19.2 Å². The number of sulfonamides is 1. The Labute approximate surface area is 130 Å². The second-order valence-electron chi connectivity index (χ2n) is 5.06. The number of hydrogen-bond acceptors (Lipinski definition) is 3. The summed E-state index contributed by atoms with van der Waals surface area (Å²) in [6, 6.07) is 5.39. The van der Waals surface area contributed by atoms with Gasteiger partial charge < -0.3 is 5.32 Å². The zero-order chi connectivity index (χ0) is 15.3. The third-order valence-corrected chi connectivity index (χ3v) is 6.16. The van der Waals surface area contributed by atoms with Crippen molar-refractivity contribution in [2.75, 3.05) is 13.6 Å². The van der Waals surface area contributed by atoms with Crippen LogP contribution in [0.5, 0.6) is 0 Å². The molecule has 0 unspecified atom stereocenters. The van der Waals surface area contributed by atoms with Crippen LogP contribution in [0.2, 0.25) is 0 Å². The molecule has 1 aromatic rings. The van der Waals surface area contributed by atoms with Crippen molar-refractivity contribution in [1.82, 2.24) is 9.62 Å². The average Bonchev–Trinajstić information content (AvgIpc) is 2.39. The molecule has 0 fully saturated rings. The summed E-state index contributed by atoms with van der Waals surface area (Å²) in [7, 11) is -1.86. The molecule has 1 rings (SSSR count). The van der Waals surface area contributed by atoms with Gasteiger partial charge in [-0.15, -0.1) is 0 Å². The summed E-state index contributed by atoms with van der Waals surface area (Å²) in [5, 5.41) is 3.28. The maximum absolute atomic E-state index is 12.6. The first-order valence-electron chi connectivity index (χ1n) is 6.77. The summed E-state index contributed by atoms with van der Waals surface area (Å²) < 4.78 is 27.1. The molecule has 4 nitrogen and oxygen atoms in total. The summed E-state index contributed by atoms with van der Waals surface area (Å²) in [6.45, 7) is 7.41. The normalized spacial score (nSPS) is 12.3. The first-order valence-corrected chi connectivity index (χ1v) is 9.01. The molecule has 1 N–H and O–H groups in total. The second kappa shape index (κ2) is 7.54. The predicted octanol–water partition coefficient (Wildman–Crippen LogP) is 2.98. The van der Waals surface area contributed by atoms with Crippen molar-refractivity contribution in [2.24, 2.45) is 0 Å². The van der Waals surface area contributed by atoms with E-state index < -0.39 is 10.0 Å². The fraction of sp³-hybridized carbons (Fsp3) is 0.571. The lowest BCUT2D eigenvalue weighted by Gasteiger charge is -2.22. The second-order valence-corrected chi connectivity index (χ2v) is 7.88. The molecule has 0 saturated heterocycles. The van der Waals surface area contributed by atoms with Gasteiger partial charge in [-0.25, -0.2) is 8.42 Å². The summed E-state index contributed by atoms with van der Waals surface area (Å²) in [5.41, 5.74) is 0.970. The van der Waals surface area contributed by atoms with E-state index in [1.165, 1.54) is 4.31 Å². The van der Waals surface area contributed by atoms with Crippen molar-refractivity contribution < 1.29 is 8.42 Å². The molecule has 0 heterocycles. The first kappa shape index (κ1) is 17.6. The minimum atomic E-state index is -3.46. The fourth-order valence-corrected chi connectivity index (χ4v) is 4.04. The number of nitrogens with zero attached hydrogens (tertiary/aromatic N) is 1. The van der Waals surface area contributed by atoms with E-state index in [2.05, 4.69) is 28.2 Å². The lowest BCUT2D eigenvalue weighted by molar-refractivity contribution is 0.410. The summed E-state index contributed by atoms with van der Waals surface area (Å²) in [4.78, 5) is 0.324. The van der Waals surface area contributed by atoms with Gasteiger partial charge in [0.15, 0.2) is 0 Å². The molecule has 1 aromatic carbocycles. The molecule has 20 heavy (non-hydrogen) atoms. The van der Waals surface area contributed by atoms with Crippen LogP contribution in [0, 0.1) is 0 Å². The number of rotatable bonds is 7. The third kappa shape index (κ3) is 4.28. The zero-order valence-corrected chi connectivity index (χ0v) is 14.9. The molecule has 0 aliphatic heterocycles. The van der Waals surface area contributed by atoms with E-state index in [9.17, 15) is 8.42 Å². The number of nitrogens with one attached hydrogen (secondary N) is 1. The van der Waals surface area contributed by atoms with Crippen molar-refractivity contribution in [3.8, 4) is 0 Å². The largest absolute Gasteiger partial charge is 0.313 e. The van der Waals surface area contributed by atoms with Gasteiger partial charge in [-0.05, 0) is 60.4 Å². The van der Waals surface area contributed by atoms with Crippen LogP contribution in [0.4, 0.5) is 0 Å². The van der Waals surface area contributed by atoms with E-state index in [1.807, 2.05) is 19.9 Å². The first-order chi connectivity index (χ1) is 9.30. The van der Waals surface area contributed by atoms with Crippen molar-refractivity contribution in [3.63, 3.8) is 0 Å². The maximum atomic E-state index is 12.6. The van der Waals surface area contributed by atoms with Crippen molar-refractivity contribution in [2.45, 2.75) is 44.7 Å². The standard InChI is InChI=1S/C14H23BrN2O2S/c1-5-8-16-10-12-6-7-13(15)14(9-12)20(18,19)17(4)11(2)3/h6-7,9,11,16H,5,8,10H2,1-4H3. The molecule has 0 atom stereocenters. The Morgan fingerprint density at radius 1 is 1.35 bits per heavy atom. The van der Waals surface area contributed by atoms with Gasteiger partial charge in [-0.2, -0.15) is 4.31 Å². The molecule has 0 amide bonds. The lowest BCUT2D eigenvalue weighted by atomic mass is 10.2. The zero-order valence-electron chi connectivity index (χ0n) is 12.5. The molecule has 0 aliphatic rings. The van der Waals surface area contributed by atoms with Crippen LogP contribution in [-0.4, -0.2) is 32.4 Å². The number of hydrogen-bond donors (Lipinski definition) is 1. The van der Waals surface area contributed by atoms with Gasteiger partial charge in [0.1, 0.15) is 0 Å². The molecule has 6 heteroatoms. The Morgan fingerprint density at radius 3 is 2.55 bits per heavy atom. The van der Waals surface area contributed by atoms with E-state index in [-0.39, 0.29) is 6.04 Å². The molecule has 0 spiro atoms. The van der Waals surface area contributed by atoms with E-state index >= 15 is 0 Å². The minimum Gasteiger partial charge on any atom is -0.313 e.